The van der Waals surface area contributed by atoms with Crippen LogP contribution in [0.15, 0.2) is 0 Å². The number of carbonyl (C=O) groups is 2. The van der Waals surface area contributed by atoms with E-state index in [2.05, 4.69) is 5.32 Å². The fourth-order valence-electron chi connectivity index (χ4n) is 4.32. The molecule has 6 nitrogen and oxygen atoms in total. The summed E-state index contributed by atoms with van der Waals surface area (Å²) in [4.78, 5) is 25.3. The number of carbonyl (C=O) groups excluding carboxylic acids is 1. The summed E-state index contributed by atoms with van der Waals surface area (Å²) >= 11 is 0. The van der Waals surface area contributed by atoms with E-state index in [0.717, 1.165) is 32.1 Å². The Morgan fingerprint density at radius 3 is 2.65 bits per heavy atom. The molecule has 2 aliphatic heterocycles. The second-order valence-corrected chi connectivity index (χ2v) is 7.35. The van der Waals surface area contributed by atoms with Gasteiger partial charge in [0.2, 0.25) is 0 Å². The van der Waals surface area contributed by atoms with Gasteiger partial charge in [0.05, 0.1) is 11.5 Å². The molecular weight excluding hydrogens is 296 g/mol. The Bertz CT molecular complexity index is 442. The molecule has 23 heavy (non-hydrogen) atoms. The van der Waals surface area contributed by atoms with Crippen LogP contribution in [0, 0.1) is 5.92 Å². The van der Waals surface area contributed by atoms with E-state index in [9.17, 15) is 9.59 Å². The number of amides is 2. The molecule has 3 fully saturated rings. The highest BCUT2D eigenvalue weighted by molar-refractivity contribution is 5.76. The van der Waals surface area contributed by atoms with Crippen LogP contribution in [-0.4, -0.2) is 53.3 Å². The Morgan fingerprint density at radius 2 is 1.91 bits per heavy atom. The van der Waals surface area contributed by atoms with Gasteiger partial charge in [-0.2, -0.15) is 0 Å². The zero-order chi connectivity index (χ0) is 16.3. The molecule has 130 valence electrons. The molecule has 2 heterocycles. The highest BCUT2D eigenvalue weighted by Gasteiger charge is 2.39. The molecular formula is C17H28N2O4. The number of carboxylic acids is 1. The maximum Gasteiger partial charge on any atom is 0.317 e. The summed E-state index contributed by atoms with van der Waals surface area (Å²) < 4.78 is 6.07. The average Bonchev–Trinajstić information content (AvgIpc) is 2.55. The van der Waals surface area contributed by atoms with Gasteiger partial charge in [0.15, 0.2) is 0 Å². The molecule has 6 heteroatoms. The van der Waals surface area contributed by atoms with Crippen LogP contribution in [0.4, 0.5) is 4.79 Å². The lowest BCUT2D eigenvalue weighted by molar-refractivity contribution is -0.143. The highest BCUT2D eigenvalue weighted by atomic mass is 16.5. The molecule has 2 unspecified atom stereocenters. The van der Waals surface area contributed by atoms with Gasteiger partial charge >= 0.3 is 12.0 Å². The standard InChI is InChI=1S/C17H28N2O4/c20-15(21)13-5-4-9-19(12-13)16(22)18-14-6-10-23-17(11-14)7-2-1-3-8-17/h13-14H,1-12H2,(H,18,22)(H,20,21). The number of likely N-dealkylation sites (tertiary alicyclic amines) is 1. The van der Waals surface area contributed by atoms with E-state index in [1.54, 1.807) is 4.90 Å². The van der Waals surface area contributed by atoms with E-state index in [1.165, 1.54) is 19.3 Å². The topological polar surface area (TPSA) is 78.9 Å². The summed E-state index contributed by atoms with van der Waals surface area (Å²) in [5.74, 6) is -1.22. The number of rotatable bonds is 2. The fourth-order valence-corrected chi connectivity index (χ4v) is 4.32. The van der Waals surface area contributed by atoms with Gasteiger partial charge in [0.1, 0.15) is 0 Å². The van der Waals surface area contributed by atoms with Crippen molar-refractivity contribution in [1.82, 2.24) is 10.2 Å². The molecule has 1 spiro atoms. The quantitative estimate of drug-likeness (QED) is 0.817. The molecule has 2 saturated heterocycles. The van der Waals surface area contributed by atoms with Gasteiger partial charge in [-0.05, 0) is 38.5 Å². The van der Waals surface area contributed by atoms with E-state index < -0.39 is 11.9 Å². The zero-order valence-electron chi connectivity index (χ0n) is 13.8. The molecule has 1 saturated carbocycles. The van der Waals surface area contributed by atoms with Gasteiger partial charge in [0.25, 0.3) is 0 Å². The number of urea groups is 1. The number of nitrogens with zero attached hydrogens (tertiary/aromatic N) is 1. The third kappa shape index (κ3) is 3.97. The Labute approximate surface area is 137 Å². The zero-order valence-corrected chi connectivity index (χ0v) is 13.8. The van der Waals surface area contributed by atoms with Crippen LogP contribution in [0.25, 0.3) is 0 Å². The first-order valence-electron chi connectivity index (χ1n) is 9.00. The van der Waals surface area contributed by atoms with Gasteiger partial charge in [-0.3, -0.25) is 4.79 Å². The van der Waals surface area contributed by atoms with Crippen molar-refractivity contribution in [2.24, 2.45) is 5.92 Å². The lowest BCUT2D eigenvalue weighted by atomic mass is 9.78. The number of hydrogen-bond donors (Lipinski definition) is 2. The summed E-state index contributed by atoms with van der Waals surface area (Å²) in [5, 5.41) is 12.3. The molecule has 3 rings (SSSR count). The van der Waals surface area contributed by atoms with Crippen LogP contribution >= 0.6 is 0 Å². The first-order valence-corrected chi connectivity index (χ1v) is 9.00. The van der Waals surface area contributed by atoms with Crippen molar-refractivity contribution in [1.29, 1.82) is 0 Å². The van der Waals surface area contributed by atoms with Crippen LogP contribution in [0.1, 0.15) is 57.8 Å². The van der Waals surface area contributed by atoms with Gasteiger partial charge < -0.3 is 20.1 Å². The molecule has 0 aromatic heterocycles. The monoisotopic (exact) mass is 324 g/mol. The summed E-state index contributed by atoms with van der Waals surface area (Å²) in [6.07, 6.45) is 9.10. The van der Waals surface area contributed by atoms with Crippen LogP contribution in [-0.2, 0) is 9.53 Å². The summed E-state index contributed by atoms with van der Waals surface area (Å²) in [7, 11) is 0. The van der Waals surface area contributed by atoms with Crippen LogP contribution in [0.5, 0.6) is 0 Å². The first-order chi connectivity index (χ1) is 11.1. The number of carboxylic acid groups (broad SMARTS) is 1. The van der Waals surface area contributed by atoms with E-state index in [-0.39, 0.29) is 17.7 Å². The SMILES string of the molecule is O=C(O)C1CCCN(C(=O)NC2CCOC3(CCCCC3)C2)C1. The minimum absolute atomic E-state index is 0.0278. The molecule has 1 aliphatic carbocycles. The summed E-state index contributed by atoms with van der Waals surface area (Å²) in [6.45, 7) is 1.70. The number of aliphatic carboxylic acids is 1. The van der Waals surface area contributed by atoms with Gasteiger partial charge in [-0.1, -0.05) is 19.3 Å². The Hall–Kier alpha value is -1.30. The van der Waals surface area contributed by atoms with Crippen molar-refractivity contribution in [2.45, 2.75) is 69.4 Å². The van der Waals surface area contributed by atoms with Gasteiger partial charge in [-0.25, -0.2) is 4.79 Å². The van der Waals surface area contributed by atoms with E-state index in [1.807, 2.05) is 0 Å². The van der Waals surface area contributed by atoms with Crippen molar-refractivity contribution in [3.05, 3.63) is 0 Å². The number of hydrogen-bond acceptors (Lipinski definition) is 3. The lowest BCUT2D eigenvalue weighted by Gasteiger charge is -2.44. The van der Waals surface area contributed by atoms with Crippen molar-refractivity contribution >= 4 is 12.0 Å². The van der Waals surface area contributed by atoms with Crippen molar-refractivity contribution < 1.29 is 19.4 Å². The molecule has 0 bridgehead atoms. The maximum atomic E-state index is 12.5. The fraction of sp³-hybridized carbons (Fsp3) is 0.882. The highest BCUT2D eigenvalue weighted by Crippen LogP contribution is 2.38. The third-order valence-electron chi connectivity index (χ3n) is 5.64. The van der Waals surface area contributed by atoms with Crippen molar-refractivity contribution in [2.75, 3.05) is 19.7 Å². The van der Waals surface area contributed by atoms with E-state index in [0.29, 0.717) is 26.1 Å². The predicted molar refractivity (Wildman–Crippen MR) is 85.3 cm³/mol. The Morgan fingerprint density at radius 1 is 1.13 bits per heavy atom. The van der Waals surface area contributed by atoms with Crippen LogP contribution in [0.3, 0.4) is 0 Å². The average molecular weight is 324 g/mol. The number of nitrogens with one attached hydrogen (secondary N) is 1. The second kappa shape index (κ2) is 7.07. The second-order valence-electron chi connectivity index (χ2n) is 7.35. The normalized spacial score (nSPS) is 30.9. The molecule has 2 N–H and O–H groups in total. The third-order valence-corrected chi connectivity index (χ3v) is 5.64. The first kappa shape index (κ1) is 16.6. The smallest absolute Gasteiger partial charge is 0.317 e. The molecule has 0 aromatic rings. The Kier molecular flexibility index (Phi) is 5.09. The van der Waals surface area contributed by atoms with Crippen molar-refractivity contribution in [3.63, 3.8) is 0 Å². The van der Waals surface area contributed by atoms with E-state index >= 15 is 0 Å². The minimum Gasteiger partial charge on any atom is -0.481 e. The predicted octanol–water partition coefficient (Wildman–Crippen LogP) is 2.37. The van der Waals surface area contributed by atoms with Gasteiger partial charge in [-0.15, -0.1) is 0 Å². The molecule has 0 aromatic carbocycles. The number of piperidine rings is 1. The summed E-state index contributed by atoms with van der Waals surface area (Å²) in [5.41, 5.74) is -0.0278. The largest absolute Gasteiger partial charge is 0.481 e. The minimum atomic E-state index is -0.797. The maximum absolute atomic E-state index is 12.5. The van der Waals surface area contributed by atoms with Crippen LogP contribution in [0.2, 0.25) is 0 Å². The van der Waals surface area contributed by atoms with Gasteiger partial charge in [0, 0.05) is 25.7 Å². The molecule has 2 atom stereocenters. The Balaban J connectivity index is 1.53. The van der Waals surface area contributed by atoms with E-state index in [4.69, 9.17) is 9.84 Å². The molecule has 0 radical (unpaired) electrons. The molecule has 2 amide bonds. The van der Waals surface area contributed by atoms with Crippen LogP contribution < -0.4 is 5.32 Å². The number of ether oxygens (including phenoxy) is 1. The molecule has 3 aliphatic rings. The van der Waals surface area contributed by atoms with Crippen molar-refractivity contribution in [3.8, 4) is 0 Å². The summed E-state index contributed by atoms with van der Waals surface area (Å²) in [6, 6.07) is 0.0494. The lowest BCUT2D eigenvalue weighted by Crippen LogP contribution is -2.54.